The molecule has 2 saturated heterocycles. The number of hydrogen-bond acceptors (Lipinski definition) is 5. The number of carbonyl (C=O) groups is 2. The van der Waals surface area contributed by atoms with Crippen LogP contribution in [0.4, 0.5) is 5.95 Å². The van der Waals surface area contributed by atoms with Gasteiger partial charge in [-0.25, -0.2) is 9.97 Å². The average molecular weight is 331 g/mol. The summed E-state index contributed by atoms with van der Waals surface area (Å²) in [7, 11) is 1.82. The molecule has 3 rings (SSSR count). The Morgan fingerprint density at radius 2 is 1.96 bits per heavy atom. The van der Waals surface area contributed by atoms with Gasteiger partial charge in [-0.1, -0.05) is 6.92 Å². The Morgan fingerprint density at radius 1 is 1.21 bits per heavy atom. The molecule has 2 amide bonds. The molecular weight excluding hydrogens is 306 g/mol. The van der Waals surface area contributed by atoms with Gasteiger partial charge in [-0.2, -0.15) is 0 Å². The van der Waals surface area contributed by atoms with Gasteiger partial charge < -0.3 is 10.2 Å². The predicted octanol–water partition coefficient (Wildman–Crippen LogP) is 0.745. The highest BCUT2D eigenvalue weighted by atomic mass is 16.2. The number of amides is 2. The molecule has 130 valence electrons. The quantitative estimate of drug-likeness (QED) is 0.881. The van der Waals surface area contributed by atoms with Crippen molar-refractivity contribution >= 4 is 17.8 Å². The lowest BCUT2D eigenvalue weighted by molar-refractivity contribution is -0.140. The van der Waals surface area contributed by atoms with Crippen LogP contribution < -0.4 is 10.2 Å². The maximum atomic E-state index is 12.6. The summed E-state index contributed by atoms with van der Waals surface area (Å²) >= 11 is 0. The van der Waals surface area contributed by atoms with Crippen molar-refractivity contribution < 1.29 is 9.59 Å². The Bertz CT molecular complexity index is 604. The molecule has 7 nitrogen and oxygen atoms in total. The van der Waals surface area contributed by atoms with Gasteiger partial charge in [0.1, 0.15) is 0 Å². The van der Waals surface area contributed by atoms with E-state index in [0.29, 0.717) is 18.9 Å². The van der Waals surface area contributed by atoms with Gasteiger partial charge in [0.25, 0.3) is 0 Å². The van der Waals surface area contributed by atoms with Crippen molar-refractivity contribution in [3.63, 3.8) is 0 Å². The van der Waals surface area contributed by atoms with E-state index in [1.807, 2.05) is 18.9 Å². The first kappa shape index (κ1) is 16.8. The van der Waals surface area contributed by atoms with Crippen molar-refractivity contribution in [2.75, 3.05) is 25.0 Å². The zero-order valence-electron chi connectivity index (χ0n) is 14.4. The first-order valence-electron chi connectivity index (χ1n) is 8.73. The van der Waals surface area contributed by atoms with Crippen LogP contribution in [0.5, 0.6) is 0 Å². The summed E-state index contributed by atoms with van der Waals surface area (Å²) < 4.78 is 0. The van der Waals surface area contributed by atoms with E-state index in [-0.39, 0.29) is 23.9 Å². The van der Waals surface area contributed by atoms with Crippen molar-refractivity contribution in [1.29, 1.82) is 0 Å². The van der Waals surface area contributed by atoms with Crippen molar-refractivity contribution in [2.24, 2.45) is 0 Å². The van der Waals surface area contributed by atoms with E-state index in [0.717, 1.165) is 37.8 Å². The Labute approximate surface area is 142 Å². The average Bonchev–Trinajstić information content (AvgIpc) is 2.62. The molecule has 2 aliphatic rings. The summed E-state index contributed by atoms with van der Waals surface area (Å²) in [6.07, 6.45) is 7.39. The fraction of sp³-hybridized carbons (Fsp3) is 0.647. The summed E-state index contributed by atoms with van der Waals surface area (Å²) in [6.45, 7) is 3.35. The molecule has 0 bridgehead atoms. The molecule has 0 aliphatic carbocycles. The van der Waals surface area contributed by atoms with Gasteiger partial charge in [-0.05, 0) is 38.3 Å². The highest BCUT2D eigenvalue weighted by Crippen LogP contribution is 2.24. The Kier molecular flexibility index (Phi) is 5.08. The van der Waals surface area contributed by atoms with Gasteiger partial charge in [0, 0.05) is 37.9 Å². The summed E-state index contributed by atoms with van der Waals surface area (Å²) in [4.78, 5) is 37.2. The number of aryl methyl sites for hydroxylation is 1. The van der Waals surface area contributed by atoms with Crippen LogP contribution in [0.15, 0.2) is 12.4 Å². The molecule has 0 saturated carbocycles. The second-order valence-electron chi connectivity index (χ2n) is 6.45. The first-order chi connectivity index (χ1) is 11.6. The van der Waals surface area contributed by atoms with Gasteiger partial charge >= 0.3 is 0 Å². The molecule has 3 heterocycles. The number of likely N-dealkylation sites (N-methyl/N-ethyl adjacent to an activating group) is 1. The zero-order valence-corrected chi connectivity index (χ0v) is 14.4. The molecule has 0 spiro atoms. The van der Waals surface area contributed by atoms with Crippen molar-refractivity contribution in [3.8, 4) is 0 Å². The number of hydrogen-bond donors (Lipinski definition) is 1. The SMILES string of the molecule is CCc1cnc(N2CC[C@H](N3CCCC(NC)C3=O)CC2=O)nc1. The third-order valence-electron chi connectivity index (χ3n) is 5.00. The van der Waals surface area contributed by atoms with E-state index >= 15 is 0 Å². The van der Waals surface area contributed by atoms with Crippen LogP contribution in [0.25, 0.3) is 0 Å². The minimum absolute atomic E-state index is 0.00474. The second-order valence-corrected chi connectivity index (χ2v) is 6.45. The lowest BCUT2D eigenvalue weighted by Gasteiger charge is -2.41. The largest absolute Gasteiger partial charge is 0.338 e. The number of rotatable bonds is 4. The van der Waals surface area contributed by atoms with E-state index in [1.54, 1.807) is 17.3 Å². The number of nitrogens with zero attached hydrogens (tertiary/aromatic N) is 4. The van der Waals surface area contributed by atoms with Crippen molar-refractivity contribution in [1.82, 2.24) is 20.2 Å². The normalized spacial score (nSPS) is 25.2. The van der Waals surface area contributed by atoms with Crippen LogP contribution in [0.1, 0.15) is 38.2 Å². The molecule has 7 heteroatoms. The molecule has 0 radical (unpaired) electrons. The van der Waals surface area contributed by atoms with Gasteiger partial charge in [-0.15, -0.1) is 0 Å². The lowest BCUT2D eigenvalue weighted by Crippen LogP contribution is -2.56. The highest BCUT2D eigenvalue weighted by Gasteiger charge is 2.37. The smallest absolute Gasteiger partial charge is 0.239 e. The molecule has 2 aliphatic heterocycles. The van der Waals surface area contributed by atoms with E-state index < -0.39 is 0 Å². The van der Waals surface area contributed by atoms with Crippen molar-refractivity contribution in [2.45, 2.75) is 51.1 Å². The first-order valence-corrected chi connectivity index (χ1v) is 8.73. The van der Waals surface area contributed by atoms with E-state index in [4.69, 9.17) is 0 Å². The van der Waals surface area contributed by atoms with Crippen LogP contribution >= 0.6 is 0 Å². The standard InChI is InChI=1S/C17H25N5O2/c1-3-12-10-19-17(20-11-12)22-8-6-13(9-15(22)23)21-7-4-5-14(18-2)16(21)24/h10-11,13-14,18H,3-9H2,1-2H3/t13-,14?/m0/s1. The lowest BCUT2D eigenvalue weighted by atomic mass is 9.97. The number of piperidine rings is 2. The maximum absolute atomic E-state index is 12.6. The number of carbonyl (C=O) groups excluding carboxylic acids is 2. The molecule has 1 aromatic heterocycles. The fourth-order valence-electron chi connectivity index (χ4n) is 3.49. The third kappa shape index (κ3) is 3.26. The minimum Gasteiger partial charge on any atom is -0.338 e. The third-order valence-corrected chi connectivity index (χ3v) is 5.00. The van der Waals surface area contributed by atoms with Gasteiger partial charge in [-0.3, -0.25) is 14.5 Å². The van der Waals surface area contributed by atoms with E-state index in [2.05, 4.69) is 15.3 Å². The van der Waals surface area contributed by atoms with Crippen LogP contribution in [0.2, 0.25) is 0 Å². The number of likely N-dealkylation sites (tertiary alicyclic amines) is 1. The van der Waals surface area contributed by atoms with Gasteiger partial charge in [0.15, 0.2) is 0 Å². The Hall–Kier alpha value is -2.02. The number of aromatic nitrogens is 2. The maximum Gasteiger partial charge on any atom is 0.239 e. The van der Waals surface area contributed by atoms with Crippen LogP contribution in [-0.4, -0.2) is 58.9 Å². The molecule has 1 aromatic rings. The second kappa shape index (κ2) is 7.25. The van der Waals surface area contributed by atoms with E-state index in [1.165, 1.54) is 0 Å². The highest BCUT2D eigenvalue weighted by molar-refractivity contribution is 5.93. The molecule has 0 aromatic carbocycles. The van der Waals surface area contributed by atoms with Gasteiger partial charge in [0.05, 0.1) is 6.04 Å². The number of anilines is 1. The van der Waals surface area contributed by atoms with Crippen LogP contribution in [0, 0.1) is 0 Å². The van der Waals surface area contributed by atoms with E-state index in [9.17, 15) is 9.59 Å². The summed E-state index contributed by atoms with van der Waals surface area (Å²) in [5.74, 6) is 0.585. The zero-order chi connectivity index (χ0) is 17.1. The molecule has 1 unspecified atom stereocenters. The fourth-order valence-corrected chi connectivity index (χ4v) is 3.49. The minimum atomic E-state index is -0.114. The molecule has 2 atom stereocenters. The van der Waals surface area contributed by atoms with Crippen LogP contribution in [0.3, 0.4) is 0 Å². The monoisotopic (exact) mass is 331 g/mol. The van der Waals surface area contributed by atoms with Gasteiger partial charge in [0.2, 0.25) is 17.8 Å². The Morgan fingerprint density at radius 3 is 2.58 bits per heavy atom. The molecule has 1 N–H and O–H groups in total. The molecule has 2 fully saturated rings. The van der Waals surface area contributed by atoms with Crippen LogP contribution in [-0.2, 0) is 16.0 Å². The molecular formula is C17H25N5O2. The Balaban J connectivity index is 1.66. The molecule has 24 heavy (non-hydrogen) atoms. The predicted molar refractivity (Wildman–Crippen MR) is 90.6 cm³/mol. The summed E-state index contributed by atoms with van der Waals surface area (Å²) in [5.41, 5.74) is 1.05. The summed E-state index contributed by atoms with van der Waals surface area (Å²) in [6, 6.07) is -0.121. The number of nitrogens with one attached hydrogen (secondary N) is 1. The topological polar surface area (TPSA) is 78.4 Å². The summed E-state index contributed by atoms with van der Waals surface area (Å²) in [5, 5.41) is 3.07. The van der Waals surface area contributed by atoms with Crippen molar-refractivity contribution in [3.05, 3.63) is 18.0 Å².